The normalized spacial score (nSPS) is 11.7. The number of aromatic nitrogens is 2. The summed E-state index contributed by atoms with van der Waals surface area (Å²) in [6.07, 6.45) is 3.09. The van der Waals surface area contributed by atoms with E-state index < -0.39 is 0 Å². The summed E-state index contributed by atoms with van der Waals surface area (Å²) in [4.78, 5) is 15.6. The fraction of sp³-hybridized carbons (Fsp3) is 0.556. The molecule has 0 atom stereocenters. The Morgan fingerprint density at radius 3 is 2.86 bits per heavy atom. The minimum absolute atomic E-state index is 0.0225. The van der Waals surface area contributed by atoms with Crippen LogP contribution >= 0.6 is 22.6 Å². The second-order valence-corrected chi connectivity index (χ2v) is 4.80. The molecule has 0 aliphatic rings. The van der Waals surface area contributed by atoms with E-state index in [1.54, 1.807) is 17.9 Å². The zero-order valence-corrected chi connectivity index (χ0v) is 10.6. The van der Waals surface area contributed by atoms with Crippen molar-refractivity contribution < 1.29 is 4.74 Å². The number of rotatable bonds is 3. The third-order valence-corrected chi connectivity index (χ3v) is 2.70. The van der Waals surface area contributed by atoms with Crippen molar-refractivity contribution >= 4 is 22.6 Å². The van der Waals surface area contributed by atoms with E-state index in [1.807, 2.05) is 36.4 Å². The minimum atomic E-state index is -0.351. The third-order valence-electron chi connectivity index (χ3n) is 1.96. The monoisotopic (exact) mass is 308 g/mol. The van der Waals surface area contributed by atoms with Crippen LogP contribution in [0.5, 0.6) is 0 Å². The molecule has 1 rings (SSSR count). The molecule has 14 heavy (non-hydrogen) atoms. The number of nitrogens with zero attached hydrogens (tertiary/aromatic N) is 2. The number of hydrogen-bond donors (Lipinski definition) is 0. The van der Waals surface area contributed by atoms with Gasteiger partial charge < -0.3 is 4.74 Å². The summed E-state index contributed by atoms with van der Waals surface area (Å²) in [5.41, 5.74) is -0.374. The van der Waals surface area contributed by atoms with E-state index in [0.717, 1.165) is 0 Å². The van der Waals surface area contributed by atoms with Gasteiger partial charge in [0.25, 0.3) is 5.56 Å². The molecule has 0 aliphatic heterocycles. The van der Waals surface area contributed by atoms with Crippen molar-refractivity contribution in [1.82, 2.24) is 9.55 Å². The van der Waals surface area contributed by atoms with Crippen molar-refractivity contribution in [2.24, 2.45) is 0 Å². The number of methoxy groups -OCH3 is 1. The maximum Gasteiger partial charge on any atom is 0.266 e. The molecule has 0 spiro atoms. The summed E-state index contributed by atoms with van der Waals surface area (Å²) >= 11 is 1.98. The molecule has 0 N–H and O–H groups in total. The smallest absolute Gasteiger partial charge is 0.266 e. The maximum atomic E-state index is 11.6. The highest BCUT2D eigenvalue weighted by Gasteiger charge is 2.18. The lowest BCUT2D eigenvalue weighted by Gasteiger charge is -2.23. The first-order valence-electron chi connectivity index (χ1n) is 4.21. The van der Waals surface area contributed by atoms with Crippen LogP contribution in [0.15, 0.2) is 17.3 Å². The summed E-state index contributed by atoms with van der Waals surface area (Å²) in [5.74, 6) is 0. The van der Waals surface area contributed by atoms with Crippen LogP contribution in [0.4, 0.5) is 0 Å². The molecule has 0 amide bonds. The number of hydrogen-bond acceptors (Lipinski definition) is 3. The molecular weight excluding hydrogens is 295 g/mol. The predicted molar refractivity (Wildman–Crippen MR) is 62.3 cm³/mol. The van der Waals surface area contributed by atoms with Crippen molar-refractivity contribution in [3.63, 3.8) is 0 Å². The Morgan fingerprint density at radius 2 is 2.29 bits per heavy atom. The average Bonchev–Trinajstić information content (AvgIpc) is 2.13. The highest BCUT2D eigenvalue weighted by atomic mass is 127. The lowest BCUT2D eigenvalue weighted by Crippen LogP contribution is -2.35. The van der Waals surface area contributed by atoms with E-state index in [9.17, 15) is 4.79 Å². The molecule has 1 aromatic heterocycles. The van der Waals surface area contributed by atoms with Crippen LogP contribution in [0.25, 0.3) is 0 Å². The molecule has 0 unspecified atom stereocenters. The van der Waals surface area contributed by atoms with Crippen molar-refractivity contribution in [2.45, 2.75) is 26.0 Å². The molecule has 0 radical (unpaired) electrons. The third kappa shape index (κ3) is 2.78. The van der Waals surface area contributed by atoms with Gasteiger partial charge in [0.05, 0.1) is 22.0 Å². The van der Waals surface area contributed by atoms with Gasteiger partial charge >= 0.3 is 0 Å². The molecule has 0 aromatic carbocycles. The minimum Gasteiger partial charge on any atom is -0.377 e. The molecule has 1 aromatic rings. The van der Waals surface area contributed by atoms with E-state index in [-0.39, 0.29) is 11.2 Å². The van der Waals surface area contributed by atoms with Gasteiger partial charge in [-0.1, -0.05) is 0 Å². The zero-order chi connectivity index (χ0) is 10.8. The lowest BCUT2D eigenvalue weighted by molar-refractivity contribution is 0.00708. The van der Waals surface area contributed by atoms with E-state index in [0.29, 0.717) is 10.1 Å². The van der Waals surface area contributed by atoms with E-state index in [4.69, 9.17) is 4.74 Å². The van der Waals surface area contributed by atoms with Gasteiger partial charge in [0, 0.05) is 13.3 Å². The summed E-state index contributed by atoms with van der Waals surface area (Å²) in [6, 6.07) is 0. The fourth-order valence-electron chi connectivity index (χ4n) is 1.01. The summed E-state index contributed by atoms with van der Waals surface area (Å²) < 4.78 is 7.43. The Kier molecular flexibility index (Phi) is 3.65. The molecule has 5 heteroatoms. The van der Waals surface area contributed by atoms with Gasteiger partial charge in [-0.2, -0.15) is 0 Å². The highest BCUT2D eigenvalue weighted by Crippen LogP contribution is 2.09. The Balaban J connectivity index is 2.99. The second kappa shape index (κ2) is 4.39. The summed E-state index contributed by atoms with van der Waals surface area (Å²) in [5, 5.41) is 0. The van der Waals surface area contributed by atoms with Gasteiger partial charge in [-0.25, -0.2) is 4.98 Å². The molecule has 0 aliphatic carbocycles. The maximum absolute atomic E-state index is 11.6. The van der Waals surface area contributed by atoms with Crippen molar-refractivity contribution in [2.75, 3.05) is 7.11 Å². The van der Waals surface area contributed by atoms with Gasteiger partial charge in [0.15, 0.2) is 0 Å². The lowest BCUT2D eigenvalue weighted by atomic mass is 10.1. The van der Waals surface area contributed by atoms with Crippen molar-refractivity contribution in [3.05, 3.63) is 26.4 Å². The van der Waals surface area contributed by atoms with Gasteiger partial charge in [0.1, 0.15) is 0 Å². The van der Waals surface area contributed by atoms with E-state index in [2.05, 4.69) is 4.98 Å². The van der Waals surface area contributed by atoms with Crippen LogP contribution in [0, 0.1) is 3.57 Å². The molecule has 0 saturated heterocycles. The molecule has 0 fully saturated rings. The number of halogens is 1. The number of ether oxygens (including phenoxy) is 1. The Bertz CT molecular complexity index is 373. The van der Waals surface area contributed by atoms with Crippen molar-refractivity contribution in [3.8, 4) is 0 Å². The van der Waals surface area contributed by atoms with E-state index >= 15 is 0 Å². The summed E-state index contributed by atoms with van der Waals surface area (Å²) in [6.45, 7) is 4.37. The predicted octanol–water partition coefficient (Wildman–Crippen LogP) is 1.27. The van der Waals surface area contributed by atoms with Gasteiger partial charge in [-0.05, 0) is 36.4 Å². The Hall–Kier alpha value is -0.430. The standard InChI is InChI=1S/C9H13IN2O2/c1-9(2,14-3)5-12-6-11-4-7(10)8(12)13/h4,6H,5H2,1-3H3. The van der Waals surface area contributed by atoms with Crippen molar-refractivity contribution in [1.29, 1.82) is 0 Å². The first-order valence-corrected chi connectivity index (χ1v) is 5.29. The van der Waals surface area contributed by atoms with Gasteiger partial charge in [-0.15, -0.1) is 0 Å². The quantitative estimate of drug-likeness (QED) is 0.790. The van der Waals surface area contributed by atoms with Gasteiger partial charge in [-0.3, -0.25) is 9.36 Å². The first kappa shape index (κ1) is 11.6. The first-order chi connectivity index (χ1) is 6.46. The van der Waals surface area contributed by atoms with Crippen LogP contribution in [0.3, 0.4) is 0 Å². The molecule has 78 valence electrons. The van der Waals surface area contributed by atoms with E-state index in [1.165, 1.54) is 6.33 Å². The van der Waals surface area contributed by atoms with Crippen LogP contribution in [-0.4, -0.2) is 22.3 Å². The topological polar surface area (TPSA) is 44.1 Å². The molecule has 1 heterocycles. The molecule has 4 nitrogen and oxygen atoms in total. The Morgan fingerprint density at radius 1 is 1.64 bits per heavy atom. The Labute approximate surface area is 96.4 Å². The summed E-state index contributed by atoms with van der Waals surface area (Å²) in [7, 11) is 1.63. The van der Waals surface area contributed by atoms with Gasteiger partial charge in [0.2, 0.25) is 0 Å². The molecule has 0 bridgehead atoms. The fourth-order valence-corrected chi connectivity index (χ4v) is 1.48. The SMILES string of the molecule is COC(C)(C)Cn1cncc(I)c1=O. The van der Waals surface area contributed by atoms with Crippen LogP contribution < -0.4 is 5.56 Å². The molecule has 0 saturated carbocycles. The van der Waals surface area contributed by atoms with Crippen LogP contribution in [-0.2, 0) is 11.3 Å². The second-order valence-electron chi connectivity index (χ2n) is 3.64. The molecular formula is C9H13IN2O2. The van der Waals surface area contributed by atoms with Crippen LogP contribution in [0.2, 0.25) is 0 Å². The average molecular weight is 308 g/mol. The van der Waals surface area contributed by atoms with Crippen LogP contribution in [0.1, 0.15) is 13.8 Å². The zero-order valence-electron chi connectivity index (χ0n) is 8.45. The highest BCUT2D eigenvalue weighted by molar-refractivity contribution is 14.1. The largest absolute Gasteiger partial charge is 0.377 e.